The molecule has 4 heteroatoms. The molecule has 2 saturated carbocycles. The Bertz CT molecular complexity index is 421. The van der Waals surface area contributed by atoms with Crippen LogP contribution in [0.2, 0.25) is 0 Å². The van der Waals surface area contributed by atoms with E-state index in [4.69, 9.17) is 4.74 Å². The van der Waals surface area contributed by atoms with Crippen molar-refractivity contribution in [1.82, 2.24) is 4.90 Å². The van der Waals surface area contributed by atoms with Crippen LogP contribution in [-0.2, 0) is 9.53 Å². The summed E-state index contributed by atoms with van der Waals surface area (Å²) in [5.74, 6) is 0.495. The van der Waals surface area contributed by atoms with Gasteiger partial charge in [-0.1, -0.05) is 66.2 Å². The zero-order valence-corrected chi connectivity index (χ0v) is 17.5. The molecule has 2 aliphatic carbocycles. The Labute approximate surface area is 160 Å². The van der Waals surface area contributed by atoms with Gasteiger partial charge >= 0.3 is 5.97 Å². The molecule has 2 aliphatic rings. The highest BCUT2D eigenvalue weighted by atomic mass is 16.5. The first-order valence-electron chi connectivity index (χ1n) is 11.1. The van der Waals surface area contributed by atoms with Gasteiger partial charge in [0.1, 0.15) is 6.61 Å². The number of nitrogens with zero attached hydrogens (tertiary/aromatic N) is 1. The number of carbonyl (C=O) groups is 1. The minimum atomic E-state index is -1.30. The fraction of sp³-hybridized carbons (Fsp3) is 0.955. The average molecular weight is 368 g/mol. The topological polar surface area (TPSA) is 49.8 Å². The first kappa shape index (κ1) is 21.7. The first-order chi connectivity index (χ1) is 12.4. The quantitative estimate of drug-likeness (QED) is 0.652. The summed E-state index contributed by atoms with van der Waals surface area (Å²) in [6, 6.07) is 0. The summed E-state index contributed by atoms with van der Waals surface area (Å²) in [7, 11) is 0. The van der Waals surface area contributed by atoms with Crippen LogP contribution < -0.4 is 0 Å². The van der Waals surface area contributed by atoms with Crippen molar-refractivity contribution in [1.29, 1.82) is 0 Å². The molecule has 0 amide bonds. The Balaban J connectivity index is 2.15. The van der Waals surface area contributed by atoms with Crippen LogP contribution in [0.25, 0.3) is 0 Å². The Morgan fingerprint density at radius 3 is 2.12 bits per heavy atom. The van der Waals surface area contributed by atoms with E-state index in [0.717, 1.165) is 58.2 Å². The van der Waals surface area contributed by atoms with Crippen LogP contribution in [-0.4, -0.2) is 47.8 Å². The molecule has 0 aromatic rings. The summed E-state index contributed by atoms with van der Waals surface area (Å²) in [6.07, 6.45) is 8.79. The molecule has 0 unspecified atom stereocenters. The maximum atomic E-state index is 13.2. The van der Waals surface area contributed by atoms with E-state index in [1.807, 2.05) is 0 Å². The van der Waals surface area contributed by atoms with Crippen molar-refractivity contribution in [3.63, 3.8) is 0 Å². The third-order valence-electron chi connectivity index (χ3n) is 7.14. The van der Waals surface area contributed by atoms with E-state index < -0.39 is 5.60 Å². The lowest BCUT2D eigenvalue weighted by atomic mass is 9.59. The van der Waals surface area contributed by atoms with Gasteiger partial charge in [-0.2, -0.15) is 0 Å². The average Bonchev–Trinajstić information content (AvgIpc) is 2.65. The van der Waals surface area contributed by atoms with Crippen LogP contribution in [0.5, 0.6) is 0 Å². The molecule has 3 atom stereocenters. The maximum absolute atomic E-state index is 13.2. The van der Waals surface area contributed by atoms with Crippen LogP contribution in [0.1, 0.15) is 79.1 Å². The second-order valence-electron chi connectivity index (χ2n) is 8.73. The second-order valence-corrected chi connectivity index (χ2v) is 8.73. The van der Waals surface area contributed by atoms with E-state index in [9.17, 15) is 9.90 Å². The summed E-state index contributed by atoms with van der Waals surface area (Å²) < 4.78 is 5.71. The van der Waals surface area contributed by atoms with Crippen LogP contribution in [0, 0.1) is 23.7 Å². The van der Waals surface area contributed by atoms with Crippen molar-refractivity contribution < 1.29 is 14.6 Å². The van der Waals surface area contributed by atoms with Gasteiger partial charge in [0, 0.05) is 12.5 Å². The fourth-order valence-electron chi connectivity index (χ4n) is 5.59. The van der Waals surface area contributed by atoms with Crippen molar-refractivity contribution in [3.8, 4) is 0 Å². The number of ether oxygens (including phenoxy) is 1. The third-order valence-corrected chi connectivity index (χ3v) is 7.14. The van der Waals surface area contributed by atoms with E-state index in [-0.39, 0.29) is 17.8 Å². The number of hydrogen-bond donors (Lipinski definition) is 1. The molecule has 0 aliphatic heterocycles. The molecule has 152 valence electrons. The van der Waals surface area contributed by atoms with Gasteiger partial charge in [-0.15, -0.1) is 0 Å². The van der Waals surface area contributed by atoms with Crippen molar-refractivity contribution in [2.45, 2.75) is 84.7 Å². The number of aliphatic hydroxyl groups is 1. The van der Waals surface area contributed by atoms with Gasteiger partial charge in [0.05, 0.1) is 0 Å². The smallest absolute Gasteiger partial charge is 0.338 e. The van der Waals surface area contributed by atoms with Gasteiger partial charge in [-0.25, -0.2) is 4.79 Å². The number of hydrogen-bond acceptors (Lipinski definition) is 4. The van der Waals surface area contributed by atoms with Gasteiger partial charge in [0.15, 0.2) is 5.60 Å². The molecule has 0 aromatic carbocycles. The first-order valence-corrected chi connectivity index (χ1v) is 11.1. The van der Waals surface area contributed by atoms with E-state index in [0.29, 0.717) is 18.4 Å². The highest BCUT2D eigenvalue weighted by Crippen LogP contribution is 2.48. The molecule has 0 heterocycles. The molecular weight excluding hydrogens is 326 g/mol. The summed E-state index contributed by atoms with van der Waals surface area (Å²) in [6.45, 7) is 11.7. The highest BCUT2D eigenvalue weighted by molar-refractivity contribution is 5.80. The van der Waals surface area contributed by atoms with Crippen molar-refractivity contribution in [3.05, 3.63) is 0 Å². The van der Waals surface area contributed by atoms with Crippen LogP contribution >= 0.6 is 0 Å². The lowest BCUT2D eigenvalue weighted by Gasteiger charge is -2.48. The zero-order valence-electron chi connectivity index (χ0n) is 17.5. The minimum absolute atomic E-state index is 0.0281. The standard InChI is InChI=1S/C22H41NO3/c1-5-23(6-2)15-16-26-21(24)22(25,19-13-8-7-9-14-19)20-17(3)11-10-12-18(20)4/h17-20,25H,5-16H2,1-4H3/t17-,18-,22+/m0/s1. The summed E-state index contributed by atoms with van der Waals surface area (Å²) in [5.41, 5.74) is -1.30. The normalized spacial score (nSPS) is 28.1. The van der Waals surface area contributed by atoms with E-state index in [2.05, 4.69) is 32.6 Å². The molecule has 0 spiro atoms. The molecule has 4 nitrogen and oxygen atoms in total. The molecule has 0 bridgehead atoms. The Kier molecular flexibility index (Phi) is 8.41. The number of carbonyl (C=O) groups excluding carboxylic acids is 1. The predicted molar refractivity (Wildman–Crippen MR) is 106 cm³/mol. The van der Waals surface area contributed by atoms with E-state index in [1.165, 1.54) is 12.8 Å². The highest BCUT2D eigenvalue weighted by Gasteiger charge is 2.55. The maximum Gasteiger partial charge on any atom is 0.338 e. The fourth-order valence-corrected chi connectivity index (χ4v) is 5.59. The largest absolute Gasteiger partial charge is 0.462 e. The molecule has 0 radical (unpaired) electrons. The molecule has 2 fully saturated rings. The van der Waals surface area contributed by atoms with Crippen molar-refractivity contribution >= 4 is 5.97 Å². The Morgan fingerprint density at radius 2 is 1.58 bits per heavy atom. The lowest BCUT2D eigenvalue weighted by Crippen LogP contribution is -2.58. The van der Waals surface area contributed by atoms with Gasteiger partial charge in [0.2, 0.25) is 0 Å². The van der Waals surface area contributed by atoms with Crippen LogP contribution in [0.4, 0.5) is 0 Å². The third kappa shape index (κ3) is 4.81. The molecular formula is C22H41NO3. The van der Waals surface area contributed by atoms with Crippen molar-refractivity contribution in [2.24, 2.45) is 23.7 Å². The molecule has 1 N–H and O–H groups in total. The summed E-state index contributed by atoms with van der Waals surface area (Å²) in [5, 5.41) is 11.9. The monoisotopic (exact) mass is 367 g/mol. The molecule has 0 aromatic heterocycles. The van der Waals surface area contributed by atoms with Crippen LogP contribution in [0.15, 0.2) is 0 Å². The van der Waals surface area contributed by atoms with E-state index >= 15 is 0 Å². The summed E-state index contributed by atoms with van der Waals surface area (Å²) >= 11 is 0. The molecule has 26 heavy (non-hydrogen) atoms. The Hall–Kier alpha value is -0.610. The van der Waals surface area contributed by atoms with Gasteiger partial charge in [0.25, 0.3) is 0 Å². The number of likely N-dealkylation sites (N-methyl/N-ethyl adjacent to an activating group) is 1. The SMILES string of the molecule is CCN(CC)CCOC(=O)[C@@](O)(C1CCCCC1)C1[C@@H](C)CCC[C@@H]1C. The summed E-state index contributed by atoms with van der Waals surface area (Å²) in [4.78, 5) is 15.5. The lowest BCUT2D eigenvalue weighted by molar-refractivity contribution is -0.193. The zero-order chi connectivity index (χ0) is 19.2. The molecule has 0 saturated heterocycles. The van der Waals surface area contributed by atoms with Crippen LogP contribution in [0.3, 0.4) is 0 Å². The Morgan fingerprint density at radius 1 is 1.00 bits per heavy atom. The minimum Gasteiger partial charge on any atom is -0.462 e. The predicted octanol–water partition coefficient (Wildman–Crippen LogP) is 4.26. The molecule has 2 rings (SSSR count). The van der Waals surface area contributed by atoms with Gasteiger partial charge < -0.3 is 14.7 Å². The van der Waals surface area contributed by atoms with Crippen molar-refractivity contribution in [2.75, 3.05) is 26.2 Å². The second kappa shape index (κ2) is 10.1. The van der Waals surface area contributed by atoms with E-state index in [1.54, 1.807) is 0 Å². The van der Waals surface area contributed by atoms with Gasteiger partial charge in [-0.05, 0) is 43.7 Å². The number of rotatable bonds is 8. The number of esters is 1. The van der Waals surface area contributed by atoms with Gasteiger partial charge in [-0.3, -0.25) is 0 Å².